The number of hydrogen-bond donors (Lipinski definition) is 2. The molecule has 0 bridgehead atoms. The standard InChI is InChI=1S/C12H13B2NO2/c13-7-15-12(14)10(6-16)9-2-1-8-3-4-17-11(8)5-9/h1-5,10,12,15-16H,6-7H2. The molecule has 1 heterocycles. The molecule has 0 amide bonds. The average Bonchev–Trinajstić information content (AvgIpc) is 2.77. The Morgan fingerprint density at radius 1 is 1.35 bits per heavy atom. The van der Waals surface area contributed by atoms with E-state index >= 15 is 0 Å². The molecule has 0 aliphatic carbocycles. The van der Waals surface area contributed by atoms with Crippen LogP contribution < -0.4 is 5.32 Å². The lowest BCUT2D eigenvalue weighted by Crippen LogP contribution is -2.37. The fourth-order valence-electron chi connectivity index (χ4n) is 1.91. The minimum Gasteiger partial charge on any atom is -0.464 e. The highest BCUT2D eigenvalue weighted by Gasteiger charge is 2.17. The highest BCUT2D eigenvalue weighted by atomic mass is 16.3. The lowest BCUT2D eigenvalue weighted by Gasteiger charge is -2.23. The van der Waals surface area contributed by atoms with Crippen LogP contribution in [0.1, 0.15) is 11.5 Å². The second-order valence-corrected chi connectivity index (χ2v) is 3.94. The van der Waals surface area contributed by atoms with Gasteiger partial charge in [-0.1, -0.05) is 12.1 Å². The molecule has 2 atom stereocenters. The van der Waals surface area contributed by atoms with Gasteiger partial charge in [0.05, 0.1) is 28.6 Å². The number of furan rings is 1. The molecule has 0 saturated carbocycles. The van der Waals surface area contributed by atoms with Crippen LogP contribution in [0.2, 0.25) is 0 Å². The fourth-order valence-corrected chi connectivity index (χ4v) is 1.91. The highest BCUT2D eigenvalue weighted by molar-refractivity contribution is 6.13. The van der Waals surface area contributed by atoms with Crippen LogP contribution in [0.5, 0.6) is 0 Å². The van der Waals surface area contributed by atoms with E-state index in [0.717, 1.165) is 16.5 Å². The van der Waals surface area contributed by atoms with Crippen molar-refractivity contribution in [3.05, 3.63) is 36.1 Å². The molecule has 0 saturated heterocycles. The van der Waals surface area contributed by atoms with Crippen molar-refractivity contribution in [2.75, 3.05) is 13.1 Å². The Hall–Kier alpha value is -1.19. The molecule has 1 aromatic carbocycles. The largest absolute Gasteiger partial charge is 0.464 e. The molecule has 0 spiro atoms. The van der Waals surface area contributed by atoms with Crippen molar-refractivity contribution in [2.45, 2.75) is 11.9 Å². The van der Waals surface area contributed by atoms with Gasteiger partial charge < -0.3 is 14.8 Å². The number of hydrogen-bond acceptors (Lipinski definition) is 3. The number of aliphatic hydroxyl groups excluding tert-OH is 1. The molecule has 5 heteroatoms. The van der Waals surface area contributed by atoms with E-state index < -0.39 is 0 Å². The van der Waals surface area contributed by atoms with Crippen molar-refractivity contribution < 1.29 is 9.52 Å². The predicted molar refractivity (Wildman–Crippen MR) is 69.3 cm³/mol. The van der Waals surface area contributed by atoms with E-state index in [1.807, 2.05) is 24.3 Å². The van der Waals surface area contributed by atoms with Crippen molar-refractivity contribution >= 4 is 26.7 Å². The van der Waals surface area contributed by atoms with Crippen molar-refractivity contribution in [1.29, 1.82) is 0 Å². The maximum Gasteiger partial charge on any atom is 0.134 e. The molecule has 17 heavy (non-hydrogen) atoms. The zero-order valence-electron chi connectivity index (χ0n) is 9.47. The van der Waals surface area contributed by atoms with Crippen LogP contribution in [0.3, 0.4) is 0 Å². The van der Waals surface area contributed by atoms with Gasteiger partial charge in [-0.3, -0.25) is 0 Å². The summed E-state index contributed by atoms with van der Waals surface area (Å²) < 4.78 is 5.33. The van der Waals surface area contributed by atoms with Crippen LogP contribution in [0.15, 0.2) is 34.9 Å². The van der Waals surface area contributed by atoms with Crippen LogP contribution >= 0.6 is 0 Å². The van der Waals surface area contributed by atoms with Gasteiger partial charge in [0.25, 0.3) is 0 Å². The Bertz CT molecular complexity index is 486. The molecule has 3 nitrogen and oxygen atoms in total. The molecule has 2 unspecified atom stereocenters. The molecule has 2 rings (SSSR count). The molecule has 0 aliphatic heterocycles. The summed E-state index contributed by atoms with van der Waals surface area (Å²) in [7, 11) is 11.3. The smallest absolute Gasteiger partial charge is 0.134 e. The number of rotatable bonds is 5. The predicted octanol–water partition coefficient (Wildman–Crippen LogP) is 0.719. The summed E-state index contributed by atoms with van der Waals surface area (Å²) in [5, 5.41) is 13.3. The highest BCUT2D eigenvalue weighted by Crippen LogP contribution is 2.23. The van der Waals surface area contributed by atoms with Crippen molar-refractivity contribution in [3.8, 4) is 0 Å². The Kier molecular flexibility index (Phi) is 3.92. The van der Waals surface area contributed by atoms with Gasteiger partial charge in [0.1, 0.15) is 5.58 Å². The maximum absolute atomic E-state index is 9.41. The van der Waals surface area contributed by atoms with Gasteiger partial charge in [0.15, 0.2) is 0 Å². The Morgan fingerprint density at radius 3 is 2.88 bits per heavy atom. The number of benzene rings is 1. The van der Waals surface area contributed by atoms with Crippen LogP contribution in [-0.2, 0) is 0 Å². The van der Waals surface area contributed by atoms with Crippen molar-refractivity contribution in [3.63, 3.8) is 0 Å². The summed E-state index contributed by atoms with van der Waals surface area (Å²) in [6, 6.07) is 7.68. The first-order chi connectivity index (χ1) is 8.26. The molecule has 84 valence electrons. The minimum absolute atomic E-state index is 0.0413. The normalized spacial score (nSPS) is 14.9. The third-order valence-electron chi connectivity index (χ3n) is 2.89. The zero-order chi connectivity index (χ0) is 12.3. The SMILES string of the molecule is [B]CNC([B])C(CO)c1ccc2ccoc2c1. The van der Waals surface area contributed by atoms with Gasteiger partial charge in [0, 0.05) is 11.3 Å². The van der Waals surface area contributed by atoms with Crippen LogP contribution in [-0.4, -0.2) is 39.8 Å². The van der Waals surface area contributed by atoms with Gasteiger partial charge in [-0.05, 0) is 30.1 Å². The van der Waals surface area contributed by atoms with Crippen molar-refractivity contribution in [2.24, 2.45) is 0 Å². The van der Waals surface area contributed by atoms with E-state index in [0.29, 0.717) is 0 Å². The Morgan fingerprint density at radius 2 is 2.18 bits per heavy atom. The lowest BCUT2D eigenvalue weighted by atomic mass is 9.79. The monoisotopic (exact) mass is 225 g/mol. The topological polar surface area (TPSA) is 45.4 Å². The first-order valence-electron chi connectivity index (χ1n) is 5.53. The third-order valence-corrected chi connectivity index (χ3v) is 2.89. The van der Waals surface area contributed by atoms with Gasteiger partial charge >= 0.3 is 0 Å². The van der Waals surface area contributed by atoms with E-state index in [1.165, 1.54) is 0 Å². The van der Waals surface area contributed by atoms with Crippen LogP contribution in [0.4, 0.5) is 0 Å². The Labute approximate surface area is 103 Å². The molecule has 0 aliphatic rings. The van der Waals surface area contributed by atoms with Gasteiger partial charge in [-0.2, -0.15) is 0 Å². The summed E-state index contributed by atoms with van der Waals surface area (Å²) in [4.78, 5) is 0. The molecule has 2 N–H and O–H groups in total. The minimum atomic E-state index is -0.377. The van der Waals surface area contributed by atoms with E-state index in [2.05, 4.69) is 5.32 Å². The Balaban J connectivity index is 2.28. The molecular weight excluding hydrogens is 212 g/mol. The third kappa shape index (κ3) is 2.56. The van der Waals surface area contributed by atoms with E-state index in [9.17, 15) is 5.11 Å². The summed E-state index contributed by atoms with van der Waals surface area (Å²) in [5.74, 6) is -0.578. The zero-order valence-corrected chi connectivity index (χ0v) is 9.47. The van der Waals surface area contributed by atoms with Crippen molar-refractivity contribution in [1.82, 2.24) is 5.32 Å². The average molecular weight is 225 g/mol. The number of aliphatic hydroxyl groups is 1. The van der Waals surface area contributed by atoms with Gasteiger partial charge in [-0.15, -0.1) is 0 Å². The van der Waals surface area contributed by atoms with Crippen LogP contribution in [0, 0.1) is 0 Å². The second-order valence-electron chi connectivity index (χ2n) is 3.94. The summed E-state index contributed by atoms with van der Waals surface area (Å²) in [6.07, 6.45) is 1.92. The fraction of sp³-hybridized carbons (Fsp3) is 0.333. The number of fused-ring (bicyclic) bond motifs is 1. The maximum atomic E-state index is 9.41. The van der Waals surface area contributed by atoms with Gasteiger partial charge in [0.2, 0.25) is 0 Å². The lowest BCUT2D eigenvalue weighted by molar-refractivity contribution is 0.256. The van der Waals surface area contributed by atoms with Gasteiger partial charge in [-0.25, -0.2) is 0 Å². The molecule has 1 aromatic heterocycles. The van der Waals surface area contributed by atoms with E-state index in [1.54, 1.807) is 6.26 Å². The van der Waals surface area contributed by atoms with E-state index in [-0.39, 0.29) is 24.9 Å². The molecule has 2 aromatic rings. The van der Waals surface area contributed by atoms with E-state index in [4.69, 9.17) is 20.1 Å². The molecule has 0 fully saturated rings. The number of nitrogens with one attached hydrogen (secondary N) is 1. The molecule has 4 radical (unpaired) electrons. The molecular formula is C12H13B2NO2. The summed E-state index contributed by atoms with van der Waals surface area (Å²) >= 11 is 0. The quantitative estimate of drug-likeness (QED) is 0.736. The first-order valence-corrected chi connectivity index (χ1v) is 5.53. The second kappa shape index (κ2) is 5.43. The summed E-state index contributed by atoms with van der Waals surface area (Å²) in [6.45, 7) is -0.0413. The summed E-state index contributed by atoms with van der Waals surface area (Å²) in [5.41, 5.74) is 1.73. The van der Waals surface area contributed by atoms with Crippen LogP contribution in [0.25, 0.3) is 11.0 Å². The first kappa shape index (κ1) is 12.3.